The Labute approximate surface area is 156 Å². The number of aromatic nitrogens is 3. The number of β-amino-alcohol motifs (C(OH)–C–C–N with tert-alkyl or cyclic N) is 1. The number of nitrogens with one attached hydrogen (secondary N) is 2. The number of aliphatic hydroxyl groups is 1. The van der Waals surface area contributed by atoms with Crippen LogP contribution in [0.25, 0.3) is 10.4 Å². The number of rotatable bonds is 4. The third-order valence-electron chi connectivity index (χ3n) is 4.45. The molecular weight excluding hydrogens is 346 g/mol. The third kappa shape index (κ3) is 3.46. The van der Waals surface area contributed by atoms with E-state index >= 15 is 0 Å². The predicted molar refractivity (Wildman–Crippen MR) is 104 cm³/mol. The standard InChI is InChI=1S/C19H21N5OS/c1-12-7-14(9-15(8-12)24-18-21-5-3-13(2)23-18)16-10-22-17(26-16)19(25)4-6-20-11-19/h3,5,7-10,20,25H,4,6,11H2,1-2H3,(H,21,23,24)/t19-/m0/s1. The molecule has 0 aliphatic carbocycles. The van der Waals surface area contributed by atoms with Gasteiger partial charge < -0.3 is 15.7 Å². The van der Waals surface area contributed by atoms with Crippen LogP contribution in [0.3, 0.4) is 0 Å². The Bertz CT molecular complexity index is 933. The van der Waals surface area contributed by atoms with Crippen LogP contribution in [0, 0.1) is 13.8 Å². The molecule has 1 aliphatic rings. The normalized spacial score (nSPS) is 19.7. The van der Waals surface area contributed by atoms with Crippen molar-refractivity contribution in [3.63, 3.8) is 0 Å². The summed E-state index contributed by atoms with van der Waals surface area (Å²) in [4.78, 5) is 14.2. The molecule has 1 saturated heterocycles. The number of hydrogen-bond donors (Lipinski definition) is 3. The molecule has 0 saturated carbocycles. The van der Waals surface area contributed by atoms with Crippen LogP contribution in [0.1, 0.15) is 22.7 Å². The maximum absolute atomic E-state index is 10.7. The third-order valence-corrected chi connectivity index (χ3v) is 5.69. The van der Waals surface area contributed by atoms with Crippen LogP contribution in [0.5, 0.6) is 0 Å². The summed E-state index contributed by atoms with van der Waals surface area (Å²) >= 11 is 1.55. The van der Waals surface area contributed by atoms with E-state index in [0.29, 0.717) is 18.9 Å². The van der Waals surface area contributed by atoms with Gasteiger partial charge in [0.25, 0.3) is 0 Å². The van der Waals surface area contributed by atoms with E-state index < -0.39 is 5.60 Å². The van der Waals surface area contributed by atoms with E-state index in [1.54, 1.807) is 17.5 Å². The van der Waals surface area contributed by atoms with Gasteiger partial charge in [0.2, 0.25) is 5.95 Å². The van der Waals surface area contributed by atoms with Crippen LogP contribution in [-0.2, 0) is 5.60 Å². The summed E-state index contributed by atoms with van der Waals surface area (Å²) < 4.78 is 0. The lowest BCUT2D eigenvalue weighted by Crippen LogP contribution is -2.27. The first-order chi connectivity index (χ1) is 12.5. The minimum absolute atomic E-state index is 0.561. The predicted octanol–water partition coefficient (Wildman–Crippen LogP) is 3.14. The average Bonchev–Trinajstić information content (AvgIpc) is 3.24. The lowest BCUT2D eigenvalue weighted by Gasteiger charge is -2.17. The molecule has 3 heterocycles. The number of hydrogen-bond acceptors (Lipinski definition) is 7. The molecule has 3 aromatic rings. The quantitative estimate of drug-likeness (QED) is 0.657. The van der Waals surface area contributed by atoms with Crippen molar-refractivity contribution in [2.75, 3.05) is 18.4 Å². The molecule has 0 radical (unpaired) electrons. The Kier molecular flexibility index (Phi) is 4.44. The van der Waals surface area contributed by atoms with Crippen molar-refractivity contribution in [3.8, 4) is 10.4 Å². The van der Waals surface area contributed by atoms with Gasteiger partial charge >= 0.3 is 0 Å². The summed E-state index contributed by atoms with van der Waals surface area (Å²) in [7, 11) is 0. The molecule has 1 aromatic carbocycles. The fourth-order valence-corrected chi connectivity index (χ4v) is 4.14. The van der Waals surface area contributed by atoms with Crippen LogP contribution in [0.15, 0.2) is 36.7 Å². The Morgan fingerprint density at radius 2 is 2.12 bits per heavy atom. The molecule has 3 N–H and O–H groups in total. The van der Waals surface area contributed by atoms with E-state index in [1.807, 2.05) is 19.2 Å². The average molecular weight is 367 g/mol. The topological polar surface area (TPSA) is 83.0 Å². The van der Waals surface area contributed by atoms with Crippen molar-refractivity contribution in [3.05, 3.63) is 52.9 Å². The van der Waals surface area contributed by atoms with Crippen LogP contribution in [0.2, 0.25) is 0 Å². The molecule has 1 fully saturated rings. The molecule has 134 valence electrons. The molecule has 7 heteroatoms. The first-order valence-corrected chi connectivity index (χ1v) is 9.42. The summed E-state index contributed by atoms with van der Waals surface area (Å²) in [5, 5.41) is 18.0. The number of benzene rings is 1. The summed E-state index contributed by atoms with van der Waals surface area (Å²) in [6.07, 6.45) is 4.29. The van der Waals surface area contributed by atoms with E-state index in [1.165, 1.54) is 0 Å². The highest BCUT2D eigenvalue weighted by Gasteiger charge is 2.35. The Hall–Kier alpha value is -2.35. The molecule has 1 aliphatic heterocycles. The lowest BCUT2D eigenvalue weighted by molar-refractivity contribution is 0.0585. The molecule has 6 nitrogen and oxygen atoms in total. The zero-order valence-corrected chi connectivity index (χ0v) is 15.6. The largest absolute Gasteiger partial charge is 0.381 e. The monoisotopic (exact) mass is 367 g/mol. The second kappa shape index (κ2) is 6.75. The summed E-state index contributed by atoms with van der Waals surface area (Å²) in [6, 6.07) is 8.11. The highest BCUT2D eigenvalue weighted by atomic mass is 32.1. The van der Waals surface area contributed by atoms with Crippen LogP contribution in [0.4, 0.5) is 11.6 Å². The van der Waals surface area contributed by atoms with Gasteiger partial charge in [-0.2, -0.15) is 0 Å². The molecule has 0 amide bonds. The van der Waals surface area contributed by atoms with Gasteiger partial charge in [-0.15, -0.1) is 11.3 Å². The minimum Gasteiger partial charge on any atom is -0.381 e. The van der Waals surface area contributed by atoms with Crippen molar-refractivity contribution in [1.29, 1.82) is 0 Å². The molecule has 1 atom stereocenters. The number of aryl methyl sites for hydroxylation is 2. The maximum Gasteiger partial charge on any atom is 0.227 e. The summed E-state index contributed by atoms with van der Waals surface area (Å²) in [5.41, 5.74) is 3.21. The molecule has 4 rings (SSSR count). The Morgan fingerprint density at radius 1 is 1.23 bits per heavy atom. The summed E-state index contributed by atoms with van der Waals surface area (Å²) in [6.45, 7) is 5.38. The zero-order chi connectivity index (χ0) is 18.1. The minimum atomic E-state index is -0.844. The van der Waals surface area contributed by atoms with Crippen molar-refractivity contribution >= 4 is 23.0 Å². The van der Waals surface area contributed by atoms with Gasteiger partial charge in [-0.05, 0) is 56.1 Å². The first-order valence-electron chi connectivity index (χ1n) is 8.60. The van der Waals surface area contributed by atoms with E-state index in [0.717, 1.165) is 38.9 Å². The Morgan fingerprint density at radius 3 is 2.88 bits per heavy atom. The number of thiazole rings is 1. The van der Waals surface area contributed by atoms with Crippen molar-refractivity contribution in [2.45, 2.75) is 25.9 Å². The van der Waals surface area contributed by atoms with Gasteiger partial charge in [0.05, 0.1) is 4.88 Å². The van der Waals surface area contributed by atoms with Gasteiger partial charge in [-0.3, -0.25) is 0 Å². The van der Waals surface area contributed by atoms with E-state index in [4.69, 9.17) is 0 Å². The van der Waals surface area contributed by atoms with Crippen LogP contribution in [-0.4, -0.2) is 33.1 Å². The zero-order valence-electron chi connectivity index (χ0n) is 14.8. The van der Waals surface area contributed by atoms with Crippen molar-refractivity contribution in [2.24, 2.45) is 0 Å². The summed E-state index contributed by atoms with van der Waals surface area (Å²) in [5.74, 6) is 0.581. The number of nitrogens with zero attached hydrogens (tertiary/aromatic N) is 3. The smallest absolute Gasteiger partial charge is 0.227 e. The van der Waals surface area contributed by atoms with E-state index in [-0.39, 0.29) is 0 Å². The van der Waals surface area contributed by atoms with E-state index in [9.17, 15) is 5.11 Å². The van der Waals surface area contributed by atoms with Gasteiger partial charge in [-0.25, -0.2) is 15.0 Å². The van der Waals surface area contributed by atoms with Gasteiger partial charge in [0, 0.05) is 30.3 Å². The SMILES string of the molecule is Cc1cc(Nc2nccc(C)n2)cc(-c2cnc([C@]3(O)CCNC3)s2)c1. The van der Waals surface area contributed by atoms with Gasteiger partial charge in [0.15, 0.2) is 0 Å². The molecule has 0 bridgehead atoms. The lowest BCUT2D eigenvalue weighted by atomic mass is 10.1. The highest BCUT2D eigenvalue weighted by Crippen LogP contribution is 2.36. The Balaban J connectivity index is 1.63. The van der Waals surface area contributed by atoms with Crippen molar-refractivity contribution < 1.29 is 5.11 Å². The maximum atomic E-state index is 10.7. The van der Waals surface area contributed by atoms with Crippen LogP contribution >= 0.6 is 11.3 Å². The highest BCUT2D eigenvalue weighted by molar-refractivity contribution is 7.15. The molecular formula is C19H21N5OS. The molecule has 26 heavy (non-hydrogen) atoms. The second-order valence-corrected chi connectivity index (χ2v) is 7.75. The van der Waals surface area contributed by atoms with Crippen LogP contribution < -0.4 is 10.6 Å². The fraction of sp³-hybridized carbons (Fsp3) is 0.316. The van der Waals surface area contributed by atoms with Crippen molar-refractivity contribution in [1.82, 2.24) is 20.3 Å². The molecule has 0 unspecified atom stereocenters. The number of anilines is 2. The van der Waals surface area contributed by atoms with E-state index in [2.05, 4.69) is 50.7 Å². The van der Waals surface area contributed by atoms with Gasteiger partial charge in [-0.1, -0.05) is 6.07 Å². The molecule has 0 spiro atoms. The first kappa shape index (κ1) is 17.1. The molecule has 2 aromatic heterocycles. The fourth-order valence-electron chi connectivity index (χ4n) is 3.12. The second-order valence-electron chi connectivity index (χ2n) is 6.72. The van der Waals surface area contributed by atoms with Gasteiger partial charge in [0.1, 0.15) is 10.6 Å².